The Hall–Kier alpha value is -4.26. The Bertz CT molecular complexity index is 1240. The van der Waals surface area contributed by atoms with Crippen LogP contribution in [0.5, 0.6) is 0 Å². The van der Waals surface area contributed by atoms with Crippen molar-refractivity contribution in [1.29, 1.82) is 0 Å². The van der Waals surface area contributed by atoms with E-state index >= 15 is 0 Å². The fraction of sp³-hybridized carbons (Fsp3) is 0.120. The minimum Gasteiger partial charge on any atom is -0.420 e. The molecule has 4 aromatic rings. The Morgan fingerprint density at radius 2 is 1.59 bits per heavy atom. The first kappa shape index (κ1) is 21.0. The summed E-state index contributed by atoms with van der Waals surface area (Å²) in [5.74, 6) is 0.898. The standard InChI is InChI=1S/C25H22N4O3/c1-16-6-8-18(9-7-16)14-23-28-29-24(32-23)19-10-12-21(13-11-19)26-25(31)27-22-5-3-4-20(15-22)17(2)30/h3-13,15H,14H2,1-2H3,(H2,26,27,31). The second kappa shape index (κ2) is 9.26. The van der Waals surface area contributed by atoms with Crippen LogP contribution in [0.2, 0.25) is 0 Å². The average Bonchev–Trinajstić information content (AvgIpc) is 3.24. The Labute approximate surface area is 185 Å². The van der Waals surface area contributed by atoms with E-state index in [9.17, 15) is 9.59 Å². The van der Waals surface area contributed by atoms with Crippen LogP contribution in [-0.4, -0.2) is 22.0 Å². The van der Waals surface area contributed by atoms with E-state index < -0.39 is 6.03 Å². The molecule has 0 radical (unpaired) electrons. The van der Waals surface area contributed by atoms with Gasteiger partial charge in [-0.1, -0.05) is 42.0 Å². The van der Waals surface area contributed by atoms with E-state index in [1.807, 2.05) is 19.1 Å². The van der Waals surface area contributed by atoms with Gasteiger partial charge in [-0.05, 0) is 55.8 Å². The first-order valence-corrected chi connectivity index (χ1v) is 10.1. The number of carbonyl (C=O) groups is 2. The van der Waals surface area contributed by atoms with Gasteiger partial charge in [0.15, 0.2) is 5.78 Å². The van der Waals surface area contributed by atoms with E-state index in [2.05, 4.69) is 33.0 Å². The highest BCUT2D eigenvalue weighted by molar-refractivity contribution is 6.01. The molecule has 4 rings (SSSR count). The van der Waals surface area contributed by atoms with Crippen molar-refractivity contribution in [3.8, 4) is 11.5 Å². The number of hydrogen-bond donors (Lipinski definition) is 2. The Balaban J connectivity index is 1.37. The topological polar surface area (TPSA) is 97.1 Å². The molecule has 0 unspecified atom stereocenters. The first-order chi connectivity index (χ1) is 15.5. The molecule has 2 N–H and O–H groups in total. The molecular formula is C25H22N4O3. The summed E-state index contributed by atoms with van der Waals surface area (Å²) in [6.07, 6.45) is 0.567. The number of anilines is 2. The van der Waals surface area contributed by atoms with Gasteiger partial charge in [-0.3, -0.25) is 4.79 Å². The minimum atomic E-state index is -0.406. The normalized spacial score (nSPS) is 10.6. The maximum atomic E-state index is 12.3. The maximum Gasteiger partial charge on any atom is 0.323 e. The highest BCUT2D eigenvalue weighted by atomic mass is 16.4. The molecule has 0 atom stereocenters. The van der Waals surface area contributed by atoms with Crippen molar-refractivity contribution in [2.24, 2.45) is 0 Å². The Morgan fingerprint density at radius 1 is 0.875 bits per heavy atom. The van der Waals surface area contributed by atoms with Gasteiger partial charge in [0.25, 0.3) is 0 Å². The molecule has 0 spiro atoms. The molecule has 2 amide bonds. The monoisotopic (exact) mass is 426 g/mol. The van der Waals surface area contributed by atoms with Gasteiger partial charge in [0.05, 0.1) is 6.42 Å². The number of nitrogens with one attached hydrogen (secondary N) is 2. The zero-order chi connectivity index (χ0) is 22.5. The molecule has 0 saturated heterocycles. The summed E-state index contributed by atoms with van der Waals surface area (Å²) in [4.78, 5) is 23.8. The molecule has 3 aromatic carbocycles. The molecule has 0 aliphatic carbocycles. The zero-order valence-electron chi connectivity index (χ0n) is 17.8. The van der Waals surface area contributed by atoms with Gasteiger partial charge in [-0.15, -0.1) is 10.2 Å². The number of amides is 2. The number of carbonyl (C=O) groups excluding carboxylic acids is 2. The van der Waals surface area contributed by atoms with Gasteiger partial charge in [0.1, 0.15) is 0 Å². The van der Waals surface area contributed by atoms with Gasteiger partial charge < -0.3 is 15.1 Å². The number of nitrogens with zero attached hydrogens (tertiary/aromatic N) is 2. The summed E-state index contributed by atoms with van der Waals surface area (Å²) in [7, 11) is 0. The SMILES string of the molecule is CC(=O)c1cccc(NC(=O)Nc2ccc(-c3nnc(Cc4ccc(C)cc4)o3)cc2)c1. The van der Waals surface area contributed by atoms with Crippen LogP contribution >= 0.6 is 0 Å². The molecule has 7 heteroatoms. The number of rotatable bonds is 6. The summed E-state index contributed by atoms with van der Waals surface area (Å²) in [5.41, 5.74) is 4.74. The maximum absolute atomic E-state index is 12.3. The van der Waals surface area contributed by atoms with Gasteiger partial charge in [-0.25, -0.2) is 4.79 Å². The number of Topliss-reactive ketones (excluding diaryl/α,β-unsaturated/α-hetero) is 1. The molecule has 0 aliphatic rings. The first-order valence-electron chi connectivity index (χ1n) is 10.1. The summed E-state index contributed by atoms with van der Waals surface area (Å²) in [6.45, 7) is 3.53. The van der Waals surface area contributed by atoms with Gasteiger partial charge in [0, 0.05) is 22.5 Å². The molecule has 1 aromatic heterocycles. The van der Waals surface area contributed by atoms with E-state index in [1.54, 1.807) is 48.5 Å². The van der Waals surface area contributed by atoms with E-state index in [1.165, 1.54) is 12.5 Å². The third-order valence-corrected chi connectivity index (χ3v) is 4.86. The van der Waals surface area contributed by atoms with E-state index in [4.69, 9.17) is 4.42 Å². The van der Waals surface area contributed by atoms with Crippen LogP contribution in [0, 0.1) is 6.92 Å². The van der Waals surface area contributed by atoms with Crippen molar-refractivity contribution in [3.63, 3.8) is 0 Å². The minimum absolute atomic E-state index is 0.0623. The zero-order valence-corrected chi connectivity index (χ0v) is 17.8. The van der Waals surface area contributed by atoms with Gasteiger partial charge in [-0.2, -0.15) is 0 Å². The fourth-order valence-corrected chi connectivity index (χ4v) is 3.13. The molecule has 0 fully saturated rings. The lowest BCUT2D eigenvalue weighted by molar-refractivity contribution is 0.101. The predicted molar refractivity (Wildman–Crippen MR) is 123 cm³/mol. The van der Waals surface area contributed by atoms with Crippen LogP contribution in [0.15, 0.2) is 77.2 Å². The van der Waals surface area contributed by atoms with E-state index in [0.717, 1.165) is 11.1 Å². The molecule has 0 aliphatic heterocycles. The number of hydrogen-bond acceptors (Lipinski definition) is 5. The number of ketones is 1. The molecule has 0 saturated carbocycles. The number of urea groups is 1. The highest BCUT2D eigenvalue weighted by Crippen LogP contribution is 2.22. The van der Waals surface area contributed by atoms with Crippen LogP contribution in [0.3, 0.4) is 0 Å². The average molecular weight is 426 g/mol. The van der Waals surface area contributed by atoms with Crippen LogP contribution in [0.1, 0.15) is 34.3 Å². The van der Waals surface area contributed by atoms with Crippen LogP contribution < -0.4 is 10.6 Å². The second-order valence-corrected chi connectivity index (χ2v) is 7.46. The highest BCUT2D eigenvalue weighted by Gasteiger charge is 2.10. The molecule has 160 valence electrons. The van der Waals surface area contributed by atoms with Crippen molar-refractivity contribution in [3.05, 3.63) is 95.4 Å². The lowest BCUT2D eigenvalue weighted by Crippen LogP contribution is -2.19. The smallest absolute Gasteiger partial charge is 0.323 e. The quantitative estimate of drug-likeness (QED) is 0.398. The second-order valence-electron chi connectivity index (χ2n) is 7.46. The summed E-state index contributed by atoms with van der Waals surface area (Å²) >= 11 is 0. The molecule has 1 heterocycles. The lowest BCUT2D eigenvalue weighted by atomic mass is 10.1. The van der Waals surface area contributed by atoms with Crippen molar-refractivity contribution >= 4 is 23.2 Å². The van der Waals surface area contributed by atoms with Gasteiger partial charge in [0.2, 0.25) is 11.8 Å². The number of aromatic nitrogens is 2. The number of aryl methyl sites for hydroxylation is 1. The lowest BCUT2D eigenvalue weighted by Gasteiger charge is -2.08. The van der Waals surface area contributed by atoms with Crippen molar-refractivity contribution in [2.75, 3.05) is 10.6 Å². The fourth-order valence-electron chi connectivity index (χ4n) is 3.13. The van der Waals surface area contributed by atoms with Crippen LogP contribution in [0.25, 0.3) is 11.5 Å². The Morgan fingerprint density at radius 3 is 2.31 bits per heavy atom. The molecule has 0 bridgehead atoms. The van der Waals surface area contributed by atoms with Crippen molar-refractivity contribution < 1.29 is 14.0 Å². The summed E-state index contributed by atoms with van der Waals surface area (Å²) in [5, 5.41) is 13.7. The number of benzene rings is 3. The third-order valence-electron chi connectivity index (χ3n) is 4.86. The van der Waals surface area contributed by atoms with Crippen LogP contribution in [0.4, 0.5) is 16.2 Å². The van der Waals surface area contributed by atoms with Crippen molar-refractivity contribution in [2.45, 2.75) is 20.3 Å². The van der Waals surface area contributed by atoms with Crippen molar-refractivity contribution in [1.82, 2.24) is 10.2 Å². The molecule has 7 nitrogen and oxygen atoms in total. The Kier molecular flexibility index (Phi) is 6.07. The third kappa shape index (κ3) is 5.26. The molecular weight excluding hydrogens is 404 g/mol. The predicted octanol–water partition coefficient (Wildman–Crippen LogP) is 5.48. The van der Waals surface area contributed by atoms with E-state index in [0.29, 0.717) is 35.1 Å². The summed E-state index contributed by atoms with van der Waals surface area (Å²) in [6, 6.07) is 21.7. The van der Waals surface area contributed by atoms with Crippen LogP contribution in [-0.2, 0) is 6.42 Å². The summed E-state index contributed by atoms with van der Waals surface area (Å²) < 4.78 is 5.78. The largest absolute Gasteiger partial charge is 0.420 e. The van der Waals surface area contributed by atoms with E-state index in [-0.39, 0.29) is 5.78 Å². The molecule has 32 heavy (non-hydrogen) atoms. The van der Waals surface area contributed by atoms with Gasteiger partial charge >= 0.3 is 6.03 Å².